The highest BCUT2D eigenvalue weighted by Crippen LogP contribution is 2.25. The third-order valence-corrected chi connectivity index (χ3v) is 9.03. The molecular weight excluding hydrogens is 478 g/mol. The van der Waals surface area contributed by atoms with E-state index < -0.39 is 20.0 Å². The number of nitrogens with zero attached hydrogens (tertiary/aromatic N) is 1. The average Bonchev–Trinajstić information content (AvgIpc) is 2.82. The smallest absolute Gasteiger partial charge is 0.243 e. The van der Waals surface area contributed by atoms with Crippen LogP contribution in [0.3, 0.4) is 0 Å². The molecule has 34 heavy (non-hydrogen) atoms. The summed E-state index contributed by atoms with van der Waals surface area (Å²) >= 11 is 0. The highest BCUT2D eigenvalue weighted by atomic mass is 32.2. The van der Waals surface area contributed by atoms with E-state index in [1.165, 1.54) is 28.6 Å². The van der Waals surface area contributed by atoms with Crippen molar-refractivity contribution in [2.75, 3.05) is 32.8 Å². The van der Waals surface area contributed by atoms with Crippen molar-refractivity contribution in [2.45, 2.75) is 36.5 Å². The summed E-state index contributed by atoms with van der Waals surface area (Å²) < 4.78 is 59.6. The number of aryl methyl sites for hydroxylation is 1. The lowest BCUT2D eigenvalue weighted by molar-refractivity contribution is -0.126. The predicted octanol–water partition coefficient (Wildman–Crippen LogP) is 1.89. The van der Waals surface area contributed by atoms with Gasteiger partial charge in [-0.1, -0.05) is 17.7 Å². The Morgan fingerprint density at radius 1 is 0.941 bits per heavy atom. The van der Waals surface area contributed by atoms with Gasteiger partial charge < -0.3 is 10.1 Å². The highest BCUT2D eigenvalue weighted by molar-refractivity contribution is 7.89. The first-order chi connectivity index (χ1) is 16.1. The van der Waals surface area contributed by atoms with Crippen molar-refractivity contribution >= 4 is 26.0 Å². The number of rotatable bonds is 10. The summed E-state index contributed by atoms with van der Waals surface area (Å²) in [6, 6.07) is 12.8. The van der Waals surface area contributed by atoms with E-state index in [4.69, 9.17) is 4.74 Å². The van der Waals surface area contributed by atoms with E-state index in [0.29, 0.717) is 25.2 Å². The molecule has 1 aliphatic heterocycles. The number of carbonyl (C=O) groups excluding carboxylic acids is 1. The lowest BCUT2D eigenvalue weighted by Crippen LogP contribution is -2.44. The Morgan fingerprint density at radius 3 is 2.12 bits per heavy atom. The first-order valence-electron chi connectivity index (χ1n) is 11.2. The van der Waals surface area contributed by atoms with Crippen LogP contribution in [0.1, 0.15) is 25.3 Å². The van der Waals surface area contributed by atoms with Gasteiger partial charge in [-0.2, -0.15) is 4.31 Å². The van der Waals surface area contributed by atoms with E-state index in [2.05, 4.69) is 10.0 Å². The molecule has 0 aromatic heterocycles. The Labute approximate surface area is 201 Å². The standard InChI is InChI=1S/C23H31N3O6S2/c1-3-32-20-6-10-22(11-7-20)34(30,31)26-16-12-19(13-17-26)23(27)24-14-15-25-33(28,29)21-8-4-18(2)5-9-21/h4-11,19,25H,3,12-17H2,1-2H3,(H,24,27). The number of hydrogen-bond acceptors (Lipinski definition) is 6. The number of carbonyl (C=O) groups is 1. The zero-order valence-corrected chi connectivity index (χ0v) is 21.0. The zero-order valence-electron chi connectivity index (χ0n) is 19.4. The number of ether oxygens (including phenoxy) is 1. The summed E-state index contributed by atoms with van der Waals surface area (Å²) in [7, 11) is -7.28. The topological polar surface area (TPSA) is 122 Å². The quantitative estimate of drug-likeness (QED) is 0.472. The van der Waals surface area contributed by atoms with Gasteiger partial charge in [0, 0.05) is 32.1 Å². The second-order valence-corrected chi connectivity index (χ2v) is 11.8. The minimum absolute atomic E-state index is 0.0624. The van der Waals surface area contributed by atoms with E-state index in [1.54, 1.807) is 24.3 Å². The largest absolute Gasteiger partial charge is 0.494 e. The molecule has 2 N–H and O–H groups in total. The summed E-state index contributed by atoms with van der Waals surface area (Å²) in [5.41, 5.74) is 0.963. The van der Waals surface area contributed by atoms with Gasteiger partial charge in [-0.05, 0) is 63.1 Å². The predicted molar refractivity (Wildman–Crippen MR) is 128 cm³/mol. The molecule has 2 aromatic rings. The number of hydrogen-bond donors (Lipinski definition) is 2. The summed E-state index contributed by atoms with van der Waals surface area (Å²) in [6.45, 7) is 4.93. The van der Waals surface area contributed by atoms with Crippen molar-refractivity contribution in [3.05, 3.63) is 54.1 Å². The maximum Gasteiger partial charge on any atom is 0.243 e. The fraction of sp³-hybridized carbons (Fsp3) is 0.435. The van der Waals surface area contributed by atoms with Gasteiger partial charge in [0.05, 0.1) is 16.4 Å². The van der Waals surface area contributed by atoms with Crippen LogP contribution in [0.2, 0.25) is 0 Å². The lowest BCUT2D eigenvalue weighted by atomic mass is 9.97. The highest BCUT2D eigenvalue weighted by Gasteiger charge is 2.32. The summed E-state index contributed by atoms with van der Waals surface area (Å²) in [6.07, 6.45) is 0.800. The SMILES string of the molecule is CCOc1ccc(S(=O)(=O)N2CCC(C(=O)NCCNS(=O)(=O)c3ccc(C)cc3)CC2)cc1. The van der Waals surface area contributed by atoms with Crippen LogP contribution in [-0.4, -0.2) is 59.8 Å². The third kappa shape index (κ3) is 6.56. The Hall–Kier alpha value is -2.47. The van der Waals surface area contributed by atoms with Crippen molar-refractivity contribution in [2.24, 2.45) is 5.92 Å². The van der Waals surface area contributed by atoms with Crippen LogP contribution in [0, 0.1) is 12.8 Å². The summed E-state index contributed by atoms with van der Waals surface area (Å²) in [5.74, 6) is 0.0890. The second-order valence-electron chi connectivity index (χ2n) is 8.08. The van der Waals surface area contributed by atoms with E-state index in [-0.39, 0.29) is 47.8 Å². The van der Waals surface area contributed by atoms with Gasteiger partial charge in [-0.3, -0.25) is 4.79 Å². The van der Waals surface area contributed by atoms with Crippen LogP contribution in [0.25, 0.3) is 0 Å². The minimum atomic E-state index is -3.64. The molecule has 9 nitrogen and oxygen atoms in total. The normalized spacial score (nSPS) is 15.7. The molecule has 2 aromatic carbocycles. The number of benzene rings is 2. The molecule has 0 spiro atoms. The summed E-state index contributed by atoms with van der Waals surface area (Å²) in [4.78, 5) is 12.9. The first kappa shape index (κ1) is 26.1. The Morgan fingerprint density at radius 2 is 1.53 bits per heavy atom. The third-order valence-electron chi connectivity index (χ3n) is 5.64. The van der Waals surface area contributed by atoms with Crippen molar-refractivity contribution in [3.63, 3.8) is 0 Å². The lowest BCUT2D eigenvalue weighted by Gasteiger charge is -2.30. The van der Waals surface area contributed by atoms with Crippen molar-refractivity contribution in [3.8, 4) is 5.75 Å². The first-order valence-corrected chi connectivity index (χ1v) is 14.1. The zero-order chi connectivity index (χ0) is 24.8. The monoisotopic (exact) mass is 509 g/mol. The Balaban J connectivity index is 1.44. The van der Waals surface area contributed by atoms with Gasteiger partial charge in [0.1, 0.15) is 5.75 Å². The van der Waals surface area contributed by atoms with E-state index >= 15 is 0 Å². The van der Waals surface area contributed by atoms with Crippen molar-refractivity contribution in [1.29, 1.82) is 0 Å². The van der Waals surface area contributed by atoms with Gasteiger partial charge in [0.15, 0.2) is 0 Å². The molecule has 0 bridgehead atoms. The van der Waals surface area contributed by atoms with Crippen LogP contribution in [-0.2, 0) is 24.8 Å². The molecule has 0 radical (unpaired) electrons. The van der Waals surface area contributed by atoms with Crippen LogP contribution in [0.15, 0.2) is 58.3 Å². The Kier molecular flexibility index (Phi) is 8.69. The number of sulfonamides is 2. The van der Waals surface area contributed by atoms with E-state index in [9.17, 15) is 21.6 Å². The van der Waals surface area contributed by atoms with Crippen LogP contribution in [0.4, 0.5) is 0 Å². The number of amides is 1. The fourth-order valence-corrected chi connectivity index (χ4v) is 6.20. The molecule has 0 unspecified atom stereocenters. The van der Waals surface area contributed by atoms with Crippen LogP contribution in [0.5, 0.6) is 5.75 Å². The molecule has 11 heteroatoms. The number of nitrogens with one attached hydrogen (secondary N) is 2. The molecule has 1 heterocycles. The number of piperidine rings is 1. The maximum absolute atomic E-state index is 12.9. The minimum Gasteiger partial charge on any atom is -0.494 e. The molecule has 1 saturated heterocycles. The van der Waals surface area contributed by atoms with Gasteiger partial charge in [0.2, 0.25) is 26.0 Å². The van der Waals surface area contributed by atoms with E-state index in [0.717, 1.165) is 5.56 Å². The molecule has 1 fully saturated rings. The summed E-state index contributed by atoms with van der Waals surface area (Å²) in [5, 5.41) is 2.74. The van der Waals surface area contributed by atoms with Gasteiger partial charge in [-0.15, -0.1) is 0 Å². The molecule has 0 saturated carbocycles. The molecule has 3 rings (SSSR count). The van der Waals surface area contributed by atoms with Crippen molar-refractivity contribution < 1.29 is 26.4 Å². The molecule has 1 aliphatic rings. The van der Waals surface area contributed by atoms with Crippen LogP contribution < -0.4 is 14.8 Å². The molecule has 0 atom stereocenters. The molecule has 0 aliphatic carbocycles. The Bertz CT molecular complexity index is 1170. The van der Waals surface area contributed by atoms with Gasteiger partial charge in [0.25, 0.3) is 0 Å². The van der Waals surface area contributed by atoms with E-state index in [1.807, 2.05) is 13.8 Å². The molecule has 186 valence electrons. The molecule has 1 amide bonds. The van der Waals surface area contributed by atoms with Crippen LogP contribution >= 0.6 is 0 Å². The molecular formula is C23H31N3O6S2. The van der Waals surface area contributed by atoms with Gasteiger partial charge >= 0.3 is 0 Å². The van der Waals surface area contributed by atoms with Crippen molar-refractivity contribution in [1.82, 2.24) is 14.3 Å². The average molecular weight is 510 g/mol. The maximum atomic E-state index is 12.9. The fourth-order valence-electron chi connectivity index (χ4n) is 3.70. The van der Waals surface area contributed by atoms with Gasteiger partial charge in [-0.25, -0.2) is 21.6 Å². The second kappa shape index (κ2) is 11.3.